The number of hydrogen-bond acceptors (Lipinski definition) is 2. The molecule has 0 aliphatic heterocycles. The second kappa shape index (κ2) is 4.69. The summed E-state index contributed by atoms with van der Waals surface area (Å²) in [6.07, 6.45) is 0.417. The summed E-state index contributed by atoms with van der Waals surface area (Å²) < 4.78 is 0. The standard InChI is InChI=1S/C6H8Cl2O2/c1-4(2-5(7)9)3-6(8)10/h4H,2-3H2,1H3. The highest BCUT2D eigenvalue weighted by molar-refractivity contribution is 6.64. The third-order valence-corrected chi connectivity index (χ3v) is 1.33. The van der Waals surface area contributed by atoms with Crippen LogP contribution in [0, 0.1) is 5.92 Å². The largest absolute Gasteiger partial charge is 0.281 e. The van der Waals surface area contributed by atoms with E-state index in [2.05, 4.69) is 0 Å². The summed E-state index contributed by atoms with van der Waals surface area (Å²) in [5.41, 5.74) is 0. The van der Waals surface area contributed by atoms with Crippen molar-refractivity contribution in [3.63, 3.8) is 0 Å². The maximum absolute atomic E-state index is 10.2. The lowest BCUT2D eigenvalue weighted by molar-refractivity contribution is -0.114. The molecule has 58 valence electrons. The van der Waals surface area contributed by atoms with E-state index in [-0.39, 0.29) is 18.8 Å². The van der Waals surface area contributed by atoms with Crippen molar-refractivity contribution in [2.24, 2.45) is 5.92 Å². The van der Waals surface area contributed by atoms with Gasteiger partial charge in [0.05, 0.1) is 0 Å². The molecule has 0 fully saturated rings. The number of carbonyl (C=O) groups excluding carboxylic acids is 2. The third-order valence-electron chi connectivity index (χ3n) is 1.02. The highest BCUT2D eigenvalue weighted by Crippen LogP contribution is 2.10. The van der Waals surface area contributed by atoms with Crippen molar-refractivity contribution < 1.29 is 9.59 Å². The monoisotopic (exact) mass is 182 g/mol. The van der Waals surface area contributed by atoms with Crippen LogP contribution in [0.2, 0.25) is 0 Å². The number of carbonyl (C=O) groups is 2. The molecule has 0 bridgehead atoms. The maximum Gasteiger partial charge on any atom is 0.221 e. The summed E-state index contributed by atoms with van der Waals surface area (Å²) in [7, 11) is 0. The van der Waals surface area contributed by atoms with Crippen molar-refractivity contribution in [3.8, 4) is 0 Å². The first-order valence-electron chi connectivity index (χ1n) is 2.89. The van der Waals surface area contributed by atoms with Crippen LogP contribution in [0.25, 0.3) is 0 Å². The van der Waals surface area contributed by atoms with Crippen LogP contribution < -0.4 is 0 Å². The molecule has 0 saturated heterocycles. The second-order valence-electron chi connectivity index (χ2n) is 2.22. The molecule has 0 N–H and O–H groups in total. The van der Waals surface area contributed by atoms with Crippen LogP contribution >= 0.6 is 23.2 Å². The van der Waals surface area contributed by atoms with Gasteiger partial charge in [0, 0.05) is 12.8 Å². The zero-order valence-electron chi connectivity index (χ0n) is 5.56. The Morgan fingerprint density at radius 3 is 1.70 bits per heavy atom. The quantitative estimate of drug-likeness (QED) is 0.624. The van der Waals surface area contributed by atoms with Gasteiger partial charge in [0.1, 0.15) is 0 Å². The Morgan fingerprint density at radius 2 is 1.50 bits per heavy atom. The number of rotatable bonds is 4. The third kappa shape index (κ3) is 6.05. The molecule has 0 saturated carbocycles. The number of hydrogen-bond donors (Lipinski definition) is 0. The molecule has 0 rings (SSSR count). The normalized spacial score (nSPS) is 10.0. The minimum Gasteiger partial charge on any atom is -0.281 e. The SMILES string of the molecule is CC(CC(=O)Cl)CC(=O)Cl. The van der Waals surface area contributed by atoms with E-state index in [1.807, 2.05) is 0 Å². The molecule has 0 aromatic rings. The lowest BCUT2D eigenvalue weighted by Crippen LogP contribution is -2.03. The average Bonchev–Trinajstić information content (AvgIpc) is 1.58. The lowest BCUT2D eigenvalue weighted by atomic mass is 10.1. The van der Waals surface area contributed by atoms with Gasteiger partial charge < -0.3 is 0 Å². The molecule has 2 nitrogen and oxygen atoms in total. The first-order valence-corrected chi connectivity index (χ1v) is 3.64. The summed E-state index contributed by atoms with van der Waals surface area (Å²) in [6, 6.07) is 0. The van der Waals surface area contributed by atoms with Gasteiger partial charge in [0.2, 0.25) is 10.5 Å². The number of halogens is 2. The molecule has 10 heavy (non-hydrogen) atoms. The van der Waals surface area contributed by atoms with Gasteiger partial charge in [0.25, 0.3) is 0 Å². The van der Waals surface area contributed by atoms with E-state index in [0.29, 0.717) is 0 Å². The van der Waals surface area contributed by atoms with E-state index < -0.39 is 10.5 Å². The summed E-state index contributed by atoms with van der Waals surface area (Å²) in [5.74, 6) is -0.0463. The highest BCUT2D eigenvalue weighted by atomic mass is 35.5. The van der Waals surface area contributed by atoms with E-state index in [1.165, 1.54) is 0 Å². The predicted molar refractivity (Wildman–Crippen MR) is 40.1 cm³/mol. The van der Waals surface area contributed by atoms with Crippen LogP contribution in [0.15, 0.2) is 0 Å². The van der Waals surface area contributed by atoms with Gasteiger partial charge in [-0.1, -0.05) is 6.92 Å². The fourth-order valence-electron chi connectivity index (χ4n) is 0.620. The van der Waals surface area contributed by atoms with E-state index in [4.69, 9.17) is 23.2 Å². The summed E-state index contributed by atoms with van der Waals surface area (Å²) in [5, 5.41) is -0.851. The smallest absolute Gasteiger partial charge is 0.221 e. The van der Waals surface area contributed by atoms with E-state index in [0.717, 1.165) is 0 Å². The van der Waals surface area contributed by atoms with Crippen molar-refractivity contribution in [1.29, 1.82) is 0 Å². The molecule has 0 heterocycles. The second-order valence-corrected chi connectivity index (χ2v) is 3.07. The molecule has 0 unspecified atom stereocenters. The summed E-state index contributed by atoms with van der Waals surface area (Å²) in [4.78, 5) is 20.5. The molecule has 0 amide bonds. The average molecular weight is 183 g/mol. The first-order chi connectivity index (χ1) is 4.52. The van der Waals surface area contributed by atoms with Gasteiger partial charge in [-0.25, -0.2) is 0 Å². The van der Waals surface area contributed by atoms with Crippen molar-refractivity contribution >= 4 is 33.7 Å². The van der Waals surface area contributed by atoms with Crippen LogP contribution in [0.4, 0.5) is 0 Å². The highest BCUT2D eigenvalue weighted by Gasteiger charge is 2.09. The molecule has 0 spiro atoms. The van der Waals surface area contributed by atoms with Crippen molar-refractivity contribution in [2.75, 3.05) is 0 Å². The van der Waals surface area contributed by atoms with E-state index in [9.17, 15) is 9.59 Å². The Morgan fingerprint density at radius 1 is 1.20 bits per heavy atom. The van der Waals surface area contributed by atoms with Gasteiger partial charge in [0.15, 0.2) is 0 Å². The Kier molecular flexibility index (Phi) is 4.65. The predicted octanol–water partition coefficient (Wildman–Crippen LogP) is 1.93. The van der Waals surface area contributed by atoms with Crippen molar-refractivity contribution in [1.82, 2.24) is 0 Å². The van der Waals surface area contributed by atoms with E-state index >= 15 is 0 Å². The fourth-order valence-corrected chi connectivity index (χ4v) is 1.15. The van der Waals surface area contributed by atoms with Gasteiger partial charge in [-0.2, -0.15) is 0 Å². The van der Waals surface area contributed by atoms with Crippen LogP contribution in [0.3, 0.4) is 0 Å². The Hall–Kier alpha value is -0.0800. The Bertz CT molecular complexity index is 129. The molecule has 0 aromatic heterocycles. The van der Waals surface area contributed by atoms with Gasteiger partial charge in [-0.3, -0.25) is 9.59 Å². The van der Waals surface area contributed by atoms with Gasteiger partial charge in [-0.05, 0) is 29.1 Å². The molecule has 0 aromatic carbocycles. The molecule has 0 aliphatic rings. The van der Waals surface area contributed by atoms with Gasteiger partial charge >= 0.3 is 0 Å². The Balaban J connectivity index is 3.53. The molecular weight excluding hydrogens is 175 g/mol. The Labute approximate surface area is 69.5 Å². The van der Waals surface area contributed by atoms with E-state index in [1.54, 1.807) is 6.92 Å². The first kappa shape index (κ1) is 9.92. The van der Waals surface area contributed by atoms with Crippen LogP contribution in [-0.4, -0.2) is 10.5 Å². The van der Waals surface area contributed by atoms with Crippen molar-refractivity contribution in [2.45, 2.75) is 19.8 Å². The minimum atomic E-state index is -0.426. The molecular formula is C6H8Cl2O2. The molecule has 0 atom stereocenters. The molecule has 0 radical (unpaired) electrons. The zero-order valence-corrected chi connectivity index (χ0v) is 7.08. The molecule has 0 aliphatic carbocycles. The minimum absolute atomic E-state index is 0.0463. The van der Waals surface area contributed by atoms with Crippen LogP contribution in [0.1, 0.15) is 19.8 Å². The molecule has 4 heteroatoms. The summed E-state index contributed by atoms with van der Waals surface area (Å²) >= 11 is 10.1. The zero-order chi connectivity index (χ0) is 8.15. The van der Waals surface area contributed by atoms with Crippen molar-refractivity contribution in [3.05, 3.63) is 0 Å². The topological polar surface area (TPSA) is 34.1 Å². The maximum atomic E-state index is 10.2. The van der Waals surface area contributed by atoms with Gasteiger partial charge in [-0.15, -0.1) is 0 Å². The van der Waals surface area contributed by atoms with Crippen LogP contribution in [0.5, 0.6) is 0 Å². The fraction of sp³-hybridized carbons (Fsp3) is 0.667. The van der Waals surface area contributed by atoms with Crippen LogP contribution in [-0.2, 0) is 9.59 Å². The lowest BCUT2D eigenvalue weighted by Gasteiger charge is -2.02. The summed E-state index contributed by atoms with van der Waals surface area (Å²) in [6.45, 7) is 1.75.